The fourth-order valence-electron chi connectivity index (χ4n) is 1.89. The first-order valence-corrected chi connectivity index (χ1v) is 4.50. The van der Waals surface area contributed by atoms with Crippen LogP contribution in [-0.4, -0.2) is 53.4 Å². The third kappa shape index (κ3) is 1.50. The number of ether oxygens (including phenoxy) is 2. The molecular formula is C8H13NO5. The van der Waals surface area contributed by atoms with Crippen molar-refractivity contribution in [1.29, 1.82) is 0 Å². The number of fused-ring (bicyclic) bond motifs is 1. The van der Waals surface area contributed by atoms with Crippen LogP contribution in [0.2, 0.25) is 0 Å². The Balaban J connectivity index is 2.07. The van der Waals surface area contributed by atoms with Gasteiger partial charge in [-0.05, 0) is 0 Å². The van der Waals surface area contributed by atoms with Gasteiger partial charge in [0.2, 0.25) is 5.91 Å². The molecule has 0 aromatic rings. The molecule has 5 atom stereocenters. The minimum atomic E-state index is -1.11. The van der Waals surface area contributed by atoms with E-state index in [2.05, 4.69) is 5.32 Å². The van der Waals surface area contributed by atoms with Crippen LogP contribution in [0.3, 0.4) is 0 Å². The monoisotopic (exact) mass is 203 g/mol. The number of aliphatic hydroxyl groups excluding tert-OH is 2. The summed E-state index contributed by atoms with van der Waals surface area (Å²) in [6, 6.07) is -0.588. The number of aliphatic hydroxyl groups is 2. The second kappa shape index (κ2) is 3.47. The van der Waals surface area contributed by atoms with E-state index in [-0.39, 0.29) is 12.5 Å². The summed E-state index contributed by atoms with van der Waals surface area (Å²) in [6.07, 6.45) is -2.83. The summed E-state index contributed by atoms with van der Waals surface area (Å²) >= 11 is 0. The van der Waals surface area contributed by atoms with Gasteiger partial charge >= 0.3 is 0 Å². The Labute approximate surface area is 80.8 Å². The van der Waals surface area contributed by atoms with Crippen molar-refractivity contribution in [2.45, 2.75) is 37.6 Å². The molecule has 0 spiro atoms. The summed E-state index contributed by atoms with van der Waals surface area (Å²) in [4.78, 5) is 10.8. The van der Waals surface area contributed by atoms with Crippen LogP contribution in [0, 0.1) is 0 Å². The Morgan fingerprint density at radius 3 is 2.79 bits per heavy atom. The molecular weight excluding hydrogens is 190 g/mol. The summed E-state index contributed by atoms with van der Waals surface area (Å²) in [5, 5.41) is 21.4. The summed E-state index contributed by atoms with van der Waals surface area (Å²) < 4.78 is 10.3. The van der Waals surface area contributed by atoms with E-state index in [0.29, 0.717) is 0 Å². The molecule has 14 heavy (non-hydrogen) atoms. The van der Waals surface area contributed by atoms with Gasteiger partial charge in [0.15, 0.2) is 6.29 Å². The lowest BCUT2D eigenvalue weighted by Crippen LogP contribution is -2.46. The molecule has 0 aromatic carbocycles. The molecule has 6 nitrogen and oxygen atoms in total. The third-order valence-corrected chi connectivity index (χ3v) is 2.49. The molecule has 2 rings (SSSR count). The van der Waals surface area contributed by atoms with Crippen LogP contribution in [0.15, 0.2) is 0 Å². The van der Waals surface area contributed by atoms with Gasteiger partial charge in [0.1, 0.15) is 24.4 Å². The average molecular weight is 203 g/mol. The smallest absolute Gasteiger partial charge is 0.217 e. The molecule has 0 aliphatic carbocycles. The van der Waals surface area contributed by atoms with Crippen LogP contribution in [0.5, 0.6) is 0 Å². The van der Waals surface area contributed by atoms with Gasteiger partial charge in [-0.15, -0.1) is 0 Å². The Morgan fingerprint density at radius 2 is 2.14 bits per heavy atom. The van der Waals surface area contributed by atoms with Crippen LogP contribution in [-0.2, 0) is 14.3 Å². The lowest BCUT2D eigenvalue weighted by Gasteiger charge is -2.18. The molecule has 0 bridgehead atoms. The molecule has 80 valence electrons. The van der Waals surface area contributed by atoms with Crippen molar-refractivity contribution in [3.05, 3.63) is 0 Å². The molecule has 1 unspecified atom stereocenters. The van der Waals surface area contributed by atoms with Crippen molar-refractivity contribution >= 4 is 5.91 Å². The van der Waals surface area contributed by atoms with Crippen LogP contribution >= 0.6 is 0 Å². The lowest BCUT2D eigenvalue weighted by atomic mass is 10.1. The highest BCUT2D eigenvalue weighted by atomic mass is 16.7. The number of amides is 1. The Hall–Kier alpha value is -0.690. The number of hydrogen-bond donors (Lipinski definition) is 3. The van der Waals surface area contributed by atoms with E-state index in [9.17, 15) is 15.0 Å². The summed E-state index contributed by atoms with van der Waals surface area (Å²) in [5.74, 6) is -0.261. The van der Waals surface area contributed by atoms with E-state index in [1.165, 1.54) is 6.92 Å². The van der Waals surface area contributed by atoms with Gasteiger partial charge < -0.3 is 25.0 Å². The molecule has 3 N–H and O–H groups in total. The summed E-state index contributed by atoms with van der Waals surface area (Å²) in [5.41, 5.74) is 0. The van der Waals surface area contributed by atoms with Gasteiger partial charge in [0.05, 0.1) is 6.61 Å². The molecule has 0 radical (unpaired) electrons. The number of nitrogens with one attached hydrogen (secondary N) is 1. The Kier molecular flexibility index (Phi) is 2.44. The quantitative estimate of drug-likeness (QED) is 0.457. The molecule has 2 aliphatic rings. The summed E-state index contributed by atoms with van der Waals surface area (Å²) in [6.45, 7) is 1.53. The molecule has 2 heterocycles. The molecule has 1 amide bonds. The molecule has 2 aliphatic heterocycles. The minimum Gasteiger partial charge on any atom is -0.388 e. The average Bonchev–Trinajstić information content (AvgIpc) is 2.57. The van der Waals surface area contributed by atoms with E-state index in [1.807, 2.05) is 0 Å². The van der Waals surface area contributed by atoms with E-state index < -0.39 is 30.6 Å². The van der Waals surface area contributed by atoms with E-state index in [1.54, 1.807) is 0 Å². The normalized spacial score (nSPS) is 46.4. The van der Waals surface area contributed by atoms with Gasteiger partial charge in [-0.1, -0.05) is 0 Å². The molecule has 2 saturated heterocycles. The first-order chi connectivity index (χ1) is 6.59. The highest BCUT2D eigenvalue weighted by Gasteiger charge is 2.52. The van der Waals surface area contributed by atoms with Gasteiger partial charge in [-0.25, -0.2) is 0 Å². The fourth-order valence-corrected chi connectivity index (χ4v) is 1.89. The van der Waals surface area contributed by atoms with E-state index in [4.69, 9.17) is 9.47 Å². The van der Waals surface area contributed by atoms with Gasteiger partial charge in [0, 0.05) is 6.92 Å². The number of carbonyl (C=O) groups excluding carboxylic acids is 1. The van der Waals surface area contributed by atoms with Crippen molar-refractivity contribution in [3.63, 3.8) is 0 Å². The van der Waals surface area contributed by atoms with Crippen LogP contribution in [0.4, 0.5) is 0 Å². The fraction of sp³-hybridized carbons (Fsp3) is 0.875. The Morgan fingerprint density at radius 1 is 1.43 bits per heavy atom. The topological polar surface area (TPSA) is 88.0 Å². The molecule has 2 fully saturated rings. The Bertz CT molecular complexity index is 246. The maximum atomic E-state index is 10.8. The van der Waals surface area contributed by atoms with Crippen molar-refractivity contribution in [2.75, 3.05) is 6.61 Å². The maximum Gasteiger partial charge on any atom is 0.217 e. The first-order valence-electron chi connectivity index (χ1n) is 4.50. The van der Waals surface area contributed by atoms with Crippen LogP contribution < -0.4 is 5.32 Å². The second-order valence-electron chi connectivity index (χ2n) is 3.58. The highest BCUT2D eigenvalue weighted by molar-refractivity contribution is 5.73. The predicted octanol–water partition coefficient (Wildman–Crippen LogP) is -2.03. The van der Waals surface area contributed by atoms with Gasteiger partial charge in [-0.2, -0.15) is 0 Å². The van der Waals surface area contributed by atoms with Crippen molar-refractivity contribution in [1.82, 2.24) is 5.32 Å². The maximum absolute atomic E-state index is 10.8. The van der Waals surface area contributed by atoms with Crippen molar-refractivity contribution in [2.24, 2.45) is 0 Å². The molecule has 0 aromatic heterocycles. The SMILES string of the molecule is CC(=O)N[C@H]1C(O)O[C@@H]2[C@@H]1OC[C@H]2O. The largest absolute Gasteiger partial charge is 0.388 e. The number of hydrogen-bond acceptors (Lipinski definition) is 5. The molecule has 0 saturated carbocycles. The standard InChI is InChI=1S/C8H13NO5/c1-3(10)9-5-7-6(14-8(5)12)4(11)2-13-7/h4-8,11-12H,2H2,1H3,(H,9,10)/t4-,5-,6+,7-,8?/m1/s1. The summed E-state index contributed by atoms with van der Waals surface area (Å²) in [7, 11) is 0. The highest BCUT2D eigenvalue weighted by Crippen LogP contribution is 2.30. The number of rotatable bonds is 1. The van der Waals surface area contributed by atoms with E-state index >= 15 is 0 Å². The van der Waals surface area contributed by atoms with E-state index in [0.717, 1.165) is 0 Å². The second-order valence-corrected chi connectivity index (χ2v) is 3.58. The van der Waals surface area contributed by atoms with Gasteiger partial charge in [-0.3, -0.25) is 4.79 Å². The van der Waals surface area contributed by atoms with Crippen LogP contribution in [0.25, 0.3) is 0 Å². The first kappa shape index (κ1) is 9.85. The van der Waals surface area contributed by atoms with Gasteiger partial charge in [0.25, 0.3) is 0 Å². The van der Waals surface area contributed by atoms with Crippen LogP contribution in [0.1, 0.15) is 6.92 Å². The van der Waals surface area contributed by atoms with Crippen molar-refractivity contribution in [3.8, 4) is 0 Å². The molecule has 6 heteroatoms. The zero-order valence-corrected chi connectivity index (χ0v) is 7.71. The predicted molar refractivity (Wildman–Crippen MR) is 44.2 cm³/mol. The lowest BCUT2D eigenvalue weighted by molar-refractivity contribution is -0.133. The third-order valence-electron chi connectivity index (χ3n) is 2.49. The number of carbonyl (C=O) groups is 1. The zero-order chi connectivity index (χ0) is 10.3. The minimum absolute atomic E-state index is 0.179. The van der Waals surface area contributed by atoms with Crippen molar-refractivity contribution < 1.29 is 24.5 Å². The zero-order valence-electron chi connectivity index (χ0n) is 7.71.